The number of rotatable bonds is 5. The van der Waals surface area contributed by atoms with Gasteiger partial charge >= 0.3 is 0 Å². The third kappa shape index (κ3) is 3.80. The molecule has 1 aromatic carbocycles. The Kier molecular flexibility index (Phi) is 5.56. The number of amides is 1. The van der Waals surface area contributed by atoms with E-state index in [1.165, 1.54) is 4.88 Å². The number of halogens is 1. The van der Waals surface area contributed by atoms with Crippen LogP contribution >= 0.6 is 33.9 Å². The molecule has 5 heteroatoms. The van der Waals surface area contributed by atoms with E-state index in [9.17, 15) is 4.79 Å². The summed E-state index contributed by atoms with van der Waals surface area (Å²) in [5.41, 5.74) is 0.733. The lowest BCUT2D eigenvalue weighted by molar-refractivity contribution is 0.0941. The maximum absolute atomic E-state index is 12.2. The smallest absolute Gasteiger partial charge is 0.252 e. The number of hydrogen-bond donors (Lipinski definition) is 1. The van der Waals surface area contributed by atoms with Gasteiger partial charge in [-0.1, -0.05) is 18.2 Å². The molecule has 1 atom stereocenters. The van der Waals surface area contributed by atoms with Gasteiger partial charge in [0.15, 0.2) is 0 Å². The molecule has 1 unspecified atom stereocenters. The molecule has 1 heterocycles. The standard InChI is InChI=1S/C15H17IN2OS/c1-18(2)13(14-8-5-9-20-14)10-17-15(19)11-6-3-4-7-12(11)16/h3-9,13H,10H2,1-2H3,(H,17,19). The lowest BCUT2D eigenvalue weighted by Gasteiger charge is -2.23. The summed E-state index contributed by atoms with van der Waals surface area (Å²) in [7, 11) is 4.06. The summed E-state index contributed by atoms with van der Waals surface area (Å²) >= 11 is 3.90. The molecule has 0 aliphatic carbocycles. The molecular weight excluding hydrogens is 383 g/mol. The first kappa shape index (κ1) is 15.5. The topological polar surface area (TPSA) is 32.3 Å². The fraction of sp³-hybridized carbons (Fsp3) is 0.267. The third-order valence-corrected chi connectivity index (χ3v) is 4.98. The molecule has 2 rings (SSSR count). The Balaban J connectivity index is 2.03. The van der Waals surface area contributed by atoms with Crippen molar-refractivity contribution in [3.05, 3.63) is 55.8 Å². The van der Waals surface area contributed by atoms with Crippen LogP contribution in [0.1, 0.15) is 21.3 Å². The van der Waals surface area contributed by atoms with Gasteiger partial charge in [0.25, 0.3) is 5.91 Å². The van der Waals surface area contributed by atoms with E-state index in [1.54, 1.807) is 11.3 Å². The van der Waals surface area contributed by atoms with Crippen molar-refractivity contribution in [3.8, 4) is 0 Å². The summed E-state index contributed by atoms with van der Waals surface area (Å²) in [6.45, 7) is 0.608. The van der Waals surface area contributed by atoms with Gasteiger partial charge in [-0.25, -0.2) is 0 Å². The zero-order valence-electron chi connectivity index (χ0n) is 11.5. The van der Waals surface area contributed by atoms with Gasteiger partial charge in [-0.05, 0) is 60.3 Å². The molecule has 0 bridgehead atoms. The molecule has 1 amide bonds. The lowest BCUT2D eigenvalue weighted by Crippen LogP contribution is -2.34. The Morgan fingerprint density at radius 2 is 2.05 bits per heavy atom. The van der Waals surface area contributed by atoms with Crippen LogP contribution in [-0.2, 0) is 0 Å². The third-order valence-electron chi connectivity index (χ3n) is 3.07. The molecule has 20 heavy (non-hydrogen) atoms. The maximum Gasteiger partial charge on any atom is 0.252 e. The van der Waals surface area contributed by atoms with Crippen LogP contribution in [0, 0.1) is 3.57 Å². The molecule has 0 aliphatic heterocycles. The van der Waals surface area contributed by atoms with E-state index in [1.807, 2.05) is 44.4 Å². The number of thiophene rings is 1. The van der Waals surface area contributed by atoms with Crippen molar-refractivity contribution in [1.29, 1.82) is 0 Å². The lowest BCUT2D eigenvalue weighted by atomic mass is 10.2. The van der Waals surface area contributed by atoms with Gasteiger partial charge in [0.2, 0.25) is 0 Å². The summed E-state index contributed by atoms with van der Waals surface area (Å²) < 4.78 is 0.972. The number of benzene rings is 1. The van der Waals surface area contributed by atoms with Crippen molar-refractivity contribution >= 4 is 39.8 Å². The number of carbonyl (C=O) groups is 1. The summed E-state index contributed by atoms with van der Waals surface area (Å²) in [5.74, 6) is -0.0154. The van der Waals surface area contributed by atoms with Gasteiger partial charge in [-0.2, -0.15) is 0 Å². The Bertz CT molecular complexity index is 569. The van der Waals surface area contributed by atoms with Crippen LogP contribution in [0.25, 0.3) is 0 Å². The van der Waals surface area contributed by atoms with Crippen molar-refractivity contribution in [1.82, 2.24) is 10.2 Å². The second kappa shape index (κ2) is 7.19. The highest BCUT2D eigenvalue weighted by Crippen LogP contribution is 2.22. The average Bonchev–Trinajstić information content (AvgIpc) is 2.92. The number of nitrogens with zero attached hydrogens (tertiary/aromatic N) is 1. The Morgan fingerprint density at radius 1 is 1.30 bits per heavy atom. The first-order chi connectivity index (χ1) is 9.59. The molecule has 106 valence electrons. The predicted octanol–water partition coefficient (Wildman–Crippen LogP) is 3.39. The molecule has 0 saturated carbocycles. The summed E-state index contributed by atoms with van der Waals surface area (Å²) in [4.78, 5) is 15.6. The van der Waals surface area contributed by atoms with E-state index in [-0.39, 0.29) is 11.9 Å². The van der Waals surface area contributed by atoms with Gasteiger partial charge in [0.05, 0.1) is 11.6 Å². The van der Waals surface area contributed by atoms with Crippen molar-refractivity contribution in [2.75, 3.05) is 20.6 Å². The van der Waals surface area contributed by atoms with E-state index < -0.39 is 0 Å². The zero-order valence-corrected chi connectivity index (χ0v) is 14.4. The summed E-state index contributed by atoms with van der Waals surface area (Å²) in [6, 6.07) is 12.0. The van der Waals surface area contributed by atoms with Crippen LogP contribution in [0.3, 0.4) is 0 Å². The molecule has 0 fully saturated rings. The number of carbonyl (C=O) groups excluding carboxylic acids is 1. The molecule has 0 saturated heterocycles. The fourth-order valence-electron chi connectivity index (χ4n) is 1.95. The van der Waals surface area contributed by atoms with E-state index in [0.29, 0.717) is 6.54 Å². The molecule has 2 aromatic rings. The second-order valence-electron chi connectivity index (χ2n) is 4.68. The van der Waals surface area contributed by atoms with Gasteiger partial charge in [-0.3, -0.25) is 4.79 Å². The van der Waals surface area contributed by atoms with Crippen LogP contribution in [0.2, 0.25) is 0 Å². The van der Waals surface area contributed by atoms with Gasteiger partial charge in [0, 0.05) is 15.0 Å². The van der Waals surface area contributed by atoms with E-state index in [4.69, 9.17) is 0 Å². The van der Waals surface area contributed by atoms with Crippen LogP contribution in [-0.4, -0.2) is 31.4 Å². The SMILES string of the molecule is CN(C)C(CNC(=O)c1ccccc1I)c1cccs1. The molecular formula is C15H17IN2OS. The van der Waals surface area contributed by atoms with E-state index in [0.717, 1.165) is 9.13 Å². The predicted molar refractivity (Wildman–Crippen MR) is 92.2 cm³/mol. The van der Waals surface area contributed by atoms with Crippen molar-refractivity contribution in [2.24, 2.45) is 0 Å². The highest BCUT2D eigenvalue weighted by Gasteiger charge is 2.17. The van der Waals surface area contributed by atoms with Gasteiger partial charge in [-0.15, -0.1) is 11.3 Å². The van der Waals surface area contributed by atoms with Gasteiger partial charge in [0.1, 0.15) is 0 Å². The zero-order chi connectivity index (χ0) is 14.5. The quantitative estimate of drug-likeness (QED) is 0.781. The molecule has 0 radical (unpaired) electrons. The minimum atomic E-state index is -0.0154. The molecule has 1 aromatic heterocycles. The average molecular weight is 400 g/mol. The second-order valence-corrected chi connectivity index (χ2v) is 6.83. The first-order valence-corrected chi connectivity index (χ1v) is 8.28. The highest BCUT2D eigenvalue weighted by atomic mass is 127. The van der Waals surface area contributed by atoms with E-state index >= 15 is 0 Å². The maximum atomic E-state index is 12.2. The number of hydrogen-bond acceptors (Lipinski definition) is 3. The normalized spacial score (nSPS) is 12.4. The minimum absolute atomic E-state index is 0.0154. The first-order valence-electron chi connectivity index (χ1n) is 6.32. The number of nitrogens with one attached hydrogen (secondary N) is 1. The highest BCUT2D eigenvalue weighted by molar-refractivity contribution is 14.1. The van der Waals surface area contributed by atoms with Crippen molar-refractivity contribution < 1.29 is 4.79 Å². The molecule has 3 nitrogen and oxygen atoms in total. The van der Waals surface area contributed by atoms with E-state index in [2.05, 4.69) is 44.3 Å². The minimum Gasteiger partial charge on any atom is -0.350 e. The van der Waals surface area contributed by atoms with Crippen LogP contribution in [0.4, 0.5) is 0 Å². The molecule has 0 aliphatic rings. The summed E-state index contributed by atoms with van der Waals surface area (Å²) in [5, 5.41) is 5.09. The van der Waals surface area contributed by atoms with Crippen molar-refractivity contribution in [2.45, 2.75) is 6.04 Å². The largest absolute Gasteiger partial charge is 0.350 e. The van der Waals surface area contributed by atoms with Crippen LogP contribution in [0.5, 0.6) is 0 Å². The molecule has 1 N–H and O–H groups in total. The van der Waals surface area contributed by atoms with Crippen LogP contribution in [0.15, 0.2) is 41.8 Å². The van der Waals surface area contributed by atoms with Gasteiger partial charge < -0.3 is 10.2 Å². The molecule has 0 spiro atoms. The van der Waals surface area contributed by atoms with Crippen molar-refractivity contribution in [3.63, 3.8) is 0 Å². The Hall–Kier alpha value is -0.920. The Morgan fingerprint density at radius 3 is 2.65 bits per heavy atom. The summed E-state index contributed by atoms with van der Waals surface area (Å²) in [6.07, 6.45) is 0. The Labute approximate surface area is 137 Å². The monoisotopic (exact) mass is 400 g/mol. The number of likely N-dealkylation sites (N-methyl/N-ethyl adjacent to an activating group) is 1. The fourth-order valence-corrected chi connectivity index (χ4v) is 3.50. The van der Waals surface area contributed by atoms with Crippen LogP contribution < -0.4 is 5.32 Å².